The molecule has 152 valence electrons. The fourth-order valence-electron chi connectivity index (χ4n) is 4.00. The first-order chi connectivity index (χ1) is 13.8. The number of aromatic hydroxyl groups is 1. The molecule has 0 aliphatic carbocycles. The maximum atomic E-state index is 13.4. The zero-order chi connectivity index (χ0) is 20.6. The Morgan fingerprint density at radius 1 is 1.14 bits per heavy atom. The molecule has 0 radical (unpaired) electrons. The molecule has 0 aromatic heterocycles. The lowest BCUT2D eigenvalue weighted by Crippen LogP contribution is -2.55. The highest BCUT2D eigenvalue weighted by Gasteiger charge is 2.41. The molecule has 1 fully saturated rings. The van der Waals surface area contributed by atoms with Crippen LogP contribution in [-0.4, -0.2) is 40.4 Å². The van der Waals surface area contributed by atoms with E-state index in [0.717, 1.165) is 6.07 Å². The molecule has 29 heavy (non-hydrogen) atoms. The number of likely N-dealkylation sites (tertiary alicyclic amines) is 1. The number of hydrogen-bond donors (Lipinski definition) is 3. The SMILES string of the molecule is O=C1CC2(CCN(C(=O)NCc3ccc(F)cc3O)CC2)Nc2ccc(F)cc21. The summed E-state index contributed by atoms with van der Waals surface area (Å²) < 4.78 is 26.5. The molecule has 2 aromatic carbocycles. The second kappa shape index (κ2) is 7.35. The molecule has 2 aliphatic rings. The molecule has 1 spiro atoms. The number of phenolic OH excluding ortho intramolecular Hbond substituents is 1. The van der Waals surface area contributed by atoms with Crippen molar-refractivity contribution >= 4 is 17.5 Å². The second-order valence-electron chi connectivity index (χ2n) is 7.61. The number of benzene rings is 2. The van der Waals surface area contributed by atoms with Crippen LogP contribution in [-0.2, 0) is 6.54 Å². The summed E-state index contributed by atoms with van der Waals surface area (Å²) in [6.07, 6.45) is 1.44. The van der Waals surface area contributed by atoms with Gasteiger partial charge < -0.3 is 20.6 Å². The topological polar surface area (TPSA) is 81.7 Å². The molecule has 0 unspecified atom stereocenters. The molecule has 0 bridgehead atoms. The van der Waals surface area contributed by atoms with Gasteiger partial charge in [0.15, 0.2) is 5.78 Å². The molecule has 2 amide bonds. The summed E-state index contributed by atoms with van der Waals surface area (Å²) in [4.78, 5) is 26.6. The van der Waals surface area contributed by atoms with Crippen LogP contribution in [0.15, 0.2) is 36.4 Å². The number of anilines is 1. The number of carbonyl (C=O) groups excluding carboxylic acids is 2. The van der Waals surface area contributed by atoms with E-state index in [1.807, 2.05) is 0 Å². The van der Waals surface area contributed by atoms with E-state index >= 15 is 0 Å². The number of hydrogen-bond acceptors (Lipinski definition) is 4. The van der Waals surface area contributed by atoms with E-state index in [1.54, 1.807) is 11.0 Å². The average Bonchev–Trinajstić information content (AvgIpc) is 2.68. The third-order valence-corrected chi connectivity index (χ3v) is 5.67. The van der Waals surface area contributed by atoms with E-state index in [1.165, 1.54) is 24.3 Å². The minimum Gasteiger partial charge on any atom is -0.507 e. The Hall–Kier alpha value is -3.16. The van der Waals surface area contributed by atoms with Gasteiger partial charge in [-0.2, -0.15) is 0 Å². The summed E-state index contributed by atoms with van der Waals surface area (Å²) in [5.41, 5.74) is 0.993. The predicted molar refractivity (Wildman–Crippen MR) is 103 cm³/mol. The van der Waals surface area contributed by atoms with Crippen molar-refractivity contribution in [3.8, 4) is 5.75 Å². The van der Waals surface area contributed by atoms with Crippen LogP contribution in [0.25, 0.3) is 0 Å². The van der Waals surface area contributed by atoms with Gasteiger partial charge in [0.25, 0.3) is 0 Å². The molecule has 4 rings (SSSR count). The largest absolute Gasteiger partial charge is 0.507 e. The van der Waals surface area contributed by atoms with Crippen LogP contribution >= 0.6 is 0 Å². The Bertz CT molecular complexity index is 972. The first kappa shape index (κ1) is 19.2. The van der Waals surface area contributed by atoms with Crippen molar-refractivity contribution in [2.24, 2.45) is 0 Å². The molecule has 8 heteroatoms. The van der Waals surface area contributed by atoms with E-state index in [-0.39, 0.29) is 30.5 Å². The summed E-state index contributed by atoms with van der Waals surface area (Å²) in [6, 6.07) is 7.53. The fourth-order valence-corrected chi connectivity index (χ4v) is 4.00. The molecule has 2 aliphatic heterocycles. The lowest BCUT2D eigenvalue weighted by Gasteiger charge is -2.45. The number of nitrogens with zero attached hydrogens (tertiary/aromatic N) is 1. The molecule has 2 heterocycles. The zero-order valence-corrected chi connectivity index (χ0v) is 15.7. The molecule has 0 atom stereocenters. The molecule has 1 saturated heterocycles. The van der Waals surface area contributed by atoms with E-state index in [9.17, 15) is 23.5 Å². The molecule has 2 aromatic rings. The van der Waals surface area contributed by atoms with E-state index in [4.69, 9.17) is 0 Å². The number of nitrogens with one attached hydrogen (secondary N) is 2. The predicted octanol–water partition coefficient (Wildman–Crippen LogP) is 3.41. The number of halogens is 2. The highest BCUT2D eigenvalue weighted by Crippen LogP contribution is 2.37. The standard InChI is InChI=1S/C21H21F2N3O3/c22-14-3-4-17-16(9-14)19(28)11-21(25-17)5-7-26(8-6-21)20(29)24-12-13-1-2-15(23)10-18(13)27/h1-4,9-10,25,27H,5-8,11-12H2,(H,24,29). The maximum Gasteiger partial charge on any atom is 0.317 e. The minimum absolute atomic E-state index is 0.0856. The van der Waals surface area contributed by atoms with Gasteiger partial charge in [-0.15, -0.1) is 0 Å². The zero-order valence-electron chi connectivity index (χ0n) is 15.7. The first-order valence-electron chi connectivity index (χ1n) is 9.46. The van der Waals surface area contributed by atoms with Crippen LogP contribution in [0.3, 0.4) is 0 Å². The smallest absolute Gasteiger partial charge is 0.317 e. The number of fused-ring (bicyclic) bond motifs is 1. The maximum absolute atomic E-state index is 13.4. The van der Waals surface area contributed by atoms with Crippen molar-refractivity contribution in [1.82, 2.24) is 10.2 Å². The van der Waals surface area contributed by atoms with Gasteiger partial charge in [-0.25, -0.2) is 13.6 Å². The van der Waals surface area contributed by atoms with Crippen LogP contribution in [0.4, 0.5) is 19.3 Å². The number of urea groups is 1. The summed E-state index contributed by atoms with van der Waals surface area (Å²) in [7, 11) is 0. The summed E-state index contributed by atoms with van der Waals surface area (Å²) >= 11 is 0. The minimum atomic E-state index is -0.544. The van der Waals surface area contributed by atoms with Crippen molar-refractivity contribution in [2.75, 3.05) is 18.4 Å². The quantitative estimate of drug-likeness (QED) is 0.720. The van der Waals surface area contributed by atoms with E-state index < -0.39 is 17.2 Å². The monoisotopic (exact) mass is 401 g/mol. The van der Waals surface area contributed by atoms with Gasteiger partial charge in [0.2, 0.25) is 0 Å². The van der Waals surface area contributed by atoms with Gasteiger partial charge in [0.1, 0.15) is 17.4 Å². The summed E-state index contributed by atoms with van der Waals surface area (Å²) in [5, 5.41) is 15.8. The fraction of sp³-hybridized carbons (Fsp3) is 0.333. The number of rotatable bonds is 2. The van der Waals surface area contributed by atoms with Crippen molar-refractivity contribution in [2.45, 2.75) is 31.3 Å². The molecule has 3 N–H and O–H groups in total. The lowest BCUT2D eigenvalue weighted by atomic mass is 9.78. The van der Waals surface area contributed by atoms with Gasteiger partial charge >= 0.3 is 6.03 Å². The van der Waals surface area contributed by atoms with Gasteiger partial charge in [-0.1, -0.05) is 6.07 Å². The van der Waals surface area contributed by atoms with Gasteiger partial charge in [0.05, 0.1) is 0 Å². The molecular formula is C21H21F2N3O3. The average molecular weight is 401 g/mol. The third kappa shape index (κ3) is 3.87. The van der Waals surface area contributed by atoms with Gasteiger partial charge in [-0.3, -0.25) is 4.79 Å². The molecule has 0 saturated carbocycles. The molecular weight excluding hydrogens is 380 g/mol. The number of Topliss-reactive ketones (excluding diaryl/α,β-unsaturated/α-hetero) is 1. The normalized spacial score (nSPS) is 17.6. The number of ketones is 1. The van der Waals surface area contributed by atoms with Crippen molar-refractivity contribution < 1.29 is 23.5 Å². The van der Waals surface area contributed by atoms with Crippen molar-refractivity contribution in [3.63, 3.8) is 0 Å². The Labute approximate surface area is 166 Å². The number of piperidine rings is 1. The third-order valence-electron chi connectivity index (χ3n) is 5.67. The Morgan fingerprint density at radius 3 is 2.55 bits per heavy atom. The number of phenols is 1. The second-order valence-corrected chi connectivity index (χ2v) is 7.61. The van der Waals surface area contributed by atoms with Crippen LogP contribution in [0, 0.1) is 11.6 Å². The van der Waals surface area contributed by atoms with Crippen LogP contribution in [0.5, 0.6) is 5.75 Å². The Kier molecular flexibility index (Phi) is 4.86. The summed E-state index contributed by atoms with van der Waals surface area (Å²) in [6.45, 7) is 0.998. The van der Waals surface area contributed by atoms with Crippen LogP contribution < -0.4 is 10.6 Å². The van der Waals surface area contributed by atoms with Crippen LogP contribution in [0.2, 0.25) is 0 Å². The van der Waals surface area contributed by atoms with E-state index in [0.29, 0.717) is 42.7 Å². The number of amides is 2. The lowest BCUT2D eigenvalue weighted by molar-refractivity contribution is 0.0915. The Balaban J connectivity index is 1.36. The summed E-state index contributed by atoms with van der Waals surface area (Å²) in [5.74, 6) is -1.28. The van der Waals surface area contributed by atoms with Gasteiger partial charge in [0, 0.05) is 54.5 Å². The Morgan fingerprint density at radius 2 is 1.83 bits per heavy atom. The van der Waals surface area contributed by atoms with Gasteiger partial charge in [-0.05, 0) is 37.1 Å². The number of carbonyl (C=O) groups is 2. The highest BCUT2D eigenvalue weighted by molar-refractivity contribution is 6.04. The first-order valence-corrected chi connectivity index (χ1v) is 9.46. The van der Waals surface area contributed by atoms with Crippen molar-refractivity contribution in [3.05, 3.63) is 59.2 Å². The van der Waals surface area contributed by atoms with E-state index in [2.05, 4.69) is 10.6 Å². The van der Waals surface area contributed by atoms with Crippen molar-refractivity contribution in [1.29, 1.82) is 0 Å². The molecule has 6 nitrogen and oxygen atoms in total. The van der Waals surface area contributed by atoms with Crippen LogP contribution in [0.1, 0.15) is 35.2 Å². The highest BCUT2D eigenvalue weighted by atomic mass is 19.1.